The van der Waals surface area contributed by atoms with Crippen LogP contribution in [0.4, 0.5) is 5.69 Å². The lowest BCUT2D eigenvalue weighted by atomic mass is 10.1. The van der Waals surface area contributed by atoms with Crippen molar-refractivity contribution in [3.8, 4) is 11.5 Å². The first-order valence-electron chi connectivity index (χ1n) is 8.48. The molecule has 1 aliphatic rings. The highest BCUT2D eigenvalue weighted by molar-refractivity contribution is 5.94. The van der Waals surface area contributed by atoms with E-state index in [0.717, 1.165) is 53.6 Å². The van der Waals surface area contributed by atoms with Gasteiger partial charge in [-0.15, -0.1) is 0 Å². The Kier molecular flexibility index (Phi) is 3.81. The number of aromatic nitrogens is 1. The fraction of sp³-hybridized carbons (Fsp3) is 0.300. The van der Waals surface area contributed by atoms with Crippen molar-refractivity contribution in [2.75, 3.05) is 5.32 Å². The zero-order valence-corrected chi connectivity index (χ0v) is 13.7. The van der Waals surface area contributed by atoms with E-state index in [0.29, 0.717) is 5.89 Å². The zero-order valence-electron chi connectivity index (χ0n) is 13.7. The molecule has 24 heavy (non-hydrogen) atoms. The van der Waals surface area contributed by atoms with Crippen LogP contribution in [0.15, 0.2) is 46.9 Å². The van der Waals surface area contributed by atoms with Crippen molar-refractivity contribution >= 4 is 22.7 Å². The molecule has 0 saturated heterocycles. The van der Waals surface area contributed by atoms with Crippen LogP contribution in [0.25, 0.3) is 22.6 Å². The second-order valence-corrected chi connectivity index (χ2v) is 6.49. The van der Waals surface area contributed by atoms with Gasteiger partial charge in [-0.3, -0.25) is 4.79 Å². The molecule has 0 atom stereocenters. The van der Waals surface area contributed by atoms with Crippen LogP contribution in [0.1, 0.15) is 31.2 Å². The molecule has 3 aromatic rings. The predicted octanol–water partition coefficient (Wildman–Crippen LogP) is 4.93. The maximum Gasteiger partial charge on any atom is 0.227 e. The van der Waals surface area contributed by atoms with Gasteiger partial charge in [0.25, 0.3) is 0 Å². The summed E-state index contributed by atoms with van der Waals surface area (Å²) in [5, 5.41) is 3.09. The minimum absolute atomic E-state index is 0.130. The SMILES string of the molecule is Cc1ccc(-c2nc3ccccc3o2)cc1NC(=O)C1CCCC1. The van der Waals surface area contributed by atoms with Crippen molar-refractivity contribution in [1.29, 1.82) is 0 Å². The van der Waals surface area contributed by atoms with Crippen LogP contribution >= 0.6 is 0 Å². The number of oxazole rings is 1. The Labute approximate surface area is 140 Å². The van der Waals surface area contributed by atoms with E-state index in [1.165, 1.54) is 0 Å². The molecule has 1 N–H and O–H groups in total. The first kappa shape index (κ1) is 14.9. The van der Waals surface area contributed by atoms with E-state index in [4.69, 9.17) is 4.42 Å². The second kappa shape index (κ2) is 6.11. The standard InChI is InChI=1S/C20H20N2O2/c1-13-10-11-15(20-22-16-8-4-5-9-18(16)24-20)12-17(13)21-19(23)14-6-2-3-7-14/h4-5,8-12,14H,2-3,6-7H2,1H3,(H,21,23). The number of nitrogens with one attached hydrogen (secondary N) is 1. The number of para-hydroxylation sites is 2. The van der Waals surface area contributed by atoms with Crippen LogP contribution in [-0.2, 0) is 4.79 Å². The van der Waals surface area contributed by atoms with E-state index in [2.05, 4.69) is 10.3 Å². The average Bonchev–Trinajstić information content (AvgIpc) is 3.26. The van der Waals surface area contributed by atoms with Crippen LogP contribution in [0.3, 0.4) is 0 Å². The van der Waals surface area contributed by atoms with Crippen LogP contribution < -0.4 is 5.32 Å². The van der Waals surface area contributed by atoms with Gasteiger partial charge in [-0.25, -0.2) is 4.98 Å². The summed E-state index contributed by atoms with van der Waals surface area (Å²) in [4.78, 5) is 16.9. The van der Waals surface area contributed by atoms with E-state index in [-0.39, 0.29) is 11.8 Å². The van der Waals surface area contributed by atoms with Crippen molar-refractivity contribution in [3.05, 3.63) is 48.0 Å². The van der Waals surface area contributed by atoms with E-state index >= 15 is 0 Å². The highest BCUT2D eigenvalue weighted by Crippen LogP contribution is 2.30. The smallest absolute Gasteiger partial charge is 0.227 e. The highest BCUT2D eigenvalue weighted by atomic mass is 16.3. The van der Waals surface area contributed by atoms with Gasteiger partial charge in [0.2, 0.25) is 11.8 Å². The lowest BCUT2D eigenvalue weighted by Crippen LogP contribution is -2.20. The summed E-state index contributed by atoms with van der Waals surface area (Å²) in [6.45, 7) is 2.00. The Hall–Kier alpha value is -2.62. The van der Waals surface area contributed by atoms with Crippen LogP contribution in [-0.4, -0.2) is 10.9 Å². The Bertz CT molecular complexity index is 859. The largest absolute Gasteiger partial charge is 0.436 e. The molecule has 4 heteroatoms. The molecule has 4 rings (SSSR count). The first-order valence-corrected chi connectivity index (χ1v) is 8.48. The maximum absolute atomic E-state index is 12.4. The molecule has 1 aliphatic carbocycles. The van der Waals surface area contributed by atoms with Crippen molar-refractivity contribution in [1.82, 2.24) is 4.98 Å². The van der Waals surface area contributed by atoms with E-state index in [1.807, 2.05) is 49.4 Å². The van der Waals surface area contributed by atoms with E-state index in [9.17, 15) is 4.79 Å². The molecule has 0 radical (unpaired) electrons. The normalized spacial score (nSPS) is 15.0. The number of amides is 1. The summed E-state index contributed by atoms with van der Waals surface area (Å²) in [5.74, 6) is 0.857. The van der Waals surface area contributed by atoms with Gasteiger partial charge in [0.15, 0.2) is 5.58 Å². The van der Waals surface area contributed by atoms with E-state index in [1.54, 1.807) is 0 Å². The number of fused-ring (bicyclic) bond motifs is 1. The Morgan fingerprint density at radius 1 is 1.17 bits per heavy atom. The minimum Gasteiger partial charge on any atom is -0.436 e. The molecule has 0 bridgehead atoms. The molecule has 2 aromatic carbocycles. The number of carbonyl (C=O) groups excluding carboxylic acids is 1. The third-order valence-corrected chi connectivity index (χ3v) is 4.76. The van der Waals surface area contributed by atoms with Gasteiger partial charge in [-0.05, 0) is 49.6 Å². The average molecular weight is 320 g/mol. The highest BCUT2D eigenvalue weighted by Gasteiger charge is 2.23. The number of rotatable bonds is 3. The monoisotopic (exact) mass is 320 g/mol. The van der Waals surface area contributed by atoms with Gasteiger partial charge in [0.1, 0.15) is 5.52 Å². The summed E-state index contributed by atoms with van der Waals surface area (Å²) in [5.41, 5.74) is 4.36. The fourth-order valence-corrected chi connectivity index (χ4v) is 3.31. The van der Waals surface area contributed by atoms with Gasteiger partial charge in [-0.1, -0.05) is 31.0 Å². The topological polar surface area (TPSA) is 55.1 Å². The molecule has 1 amide bonds. The Balaban J connectivity index is 1.64. The number of carbonyl (C=O) groups is 1. The predicted molar refractivity (Wildman–Crippen MR) is 94.8 cm³/mol. The molecule has 4 nitrogen and oxygen atoms in total. The summed E-state index contributed by atoms with van der Waals surface area (Å²) >= 11 is 0. The third-order valence-electron chi connectivity index (χ3n) is 4.76. The lowest BCUT2D eigenvalue weighted by molar-refractivity contribution is -0.119. The Morgan fingerprint density at radius 2 is 1.96 bits per heavy atom. The first-order chi connectivity index (χ1) is 11.7. The van der Waals surface area contributed by atoms with Gasteiger partial charge < -0.3 is 9.73 Å². The van der Waals surface area contributed by atoms with Crippen molar-refractivity contribution in [3.63, 3.8) is 0 Å². The molecular formula is C20H20N2O2. The third kappa shape index (κ3) is 2.80. The molecule has 0 aliphatic heterocycles. The summed E-state index contributed by atoms with van der Waals surface area (Å²) < 4.78 is 5.83. The fourth-order valence-electron chi connectivity index (χ4n) is 3.31. The Morgan fingerprint density at radius 3 is 2.75 bits per heavy atom. The summed E-state index contributed by atoms with van der Waals surface area (Å²) in [6.07, 6.45) is 4.30. The summed E-state index contributed by atoms with van der Waals surface area (Å²) in [6, 6.07) is 13.6. The molecule has 0 spiro atoms. The van der Waals surface area contributed by atoms with Crippen molar-refractivity contribution < 1.29 is 9.21 Å². The number of anilines is 1. The second-order valence-electron chi connectivity index (χ2n) is 6.49. The number of nitrogens with zero attached hydrogens (tertiary/aromatic N) is 1. The maximum atomic E-state index is 12.4. The molecule has 1 saturated carbocycles. The molecule has 1 aromatic heterocycles. The lowest BCUT2D eigenvalue weighted by Gasteiger charge is -2.13. The van der Waals surface area contributed by atoms with Gasteiger partial charge in [0.05, 0.1) is 0 Å². The van der Waals surface area contributed by atoms with Crippen LogP contribution in [0.2, 0.25) is 0 Å². The van der Waals surface area contributed by atoms with Gasteiger partial charge >= 0.3 is 0 Å². The number of hydrogen-bond acceptors (Lipinski definition) is 3. The number of aryl methyl sites for hydroxylation is 1. The summed E-state index contributed by atoms with van der Waals surface area (Å²) in [7, 11) is 0. The molecule has 1 heterocycles. The minimum atomic E-state index is 0.130. The van der Waals surface area contributed by atoms with Gasteiger partial charge in [-0.2, -0.15) is 0 Å². The number of hydrogen-bond donors (Lipinski definition) is 1. The van der Waals surface area contributed by atoms with Crippen molar-refractivity contribution in [2.45, 2.75) is 32.6 Å². The van der Waals surface area contributed by atoms with Crippen LogP contribution in [0.5, 0.6) is 0 Å². The van der Waals surface area contributed by atoms with Crippen molar-refractivity contribution in [2.24, 2.45) is 5.92 Å². The molecule has 0 unspecified atom stereocenters. The van der Waals surface area contributed by atoms with E-state index < -0.39 is 0 Å². The van der Waals surface area contributed by atoms with Crippen LogP contribution in [0, 0.1) is 12.8 Å². The zero-order chi connectivity index (χ0) is 16.5. The quantitative estimate of drug-likeness (QED) is 0.744. The molecule has 1 fully saturated rings. The molecular weight excluding hydrogens is 300 g/mol. The number of benzene rings is 2. The molecule has 122 valence electrons. The van der Waals surface area contributed by atoms with Gasteiger partial charge in [0, 0.05) is 17.2 Å².